The van der Waals surface area contributed by atoms with E-state index in [-0.39, 0.29) is 0 Å². The molecule has 3 rings (SSSR count). The summed E-state index contributed by atoms with van der Waals surface area (Å²) in [4.78, 5) is 6.89. The summed E-state index contributed by atoms with van der Waals surface area (Å²) < 4.78 is 16.5. The Balaban J connectivity index is 1.85. The second kappa shape index (κ2) is 12.9. The highest BCUT2D eigenvalue weighted by Gasteiger charge is 2.25. The number of benzene rings is 1. The van der Waals surface area contributed by atoms with Crippen LogP contribution in [-0.4, -0.2) is 98.9 Å². The lowest BCUT2D eigenvalue weighted by Gasteiger charge is -2.31. The third-order valence-electron chi connectivity index (χ3n) is 5.91. The average Bonchev–Trinajstić information content (AvgIpc) is 3.23. The van der Waals surface area contributed by atoms with Gasteiger partial charge in [-0.05, 0) is 13.8 Å². The summed E-state index contributed by atoms with van der Waals surface area (Å²) >= 11 is 0. The molecule has 0 spiro atoms. The zero-order valence-corrected chi connectivity index (χ0v) is 19.7. The van der Waals surface area contributed by atoms with Crippen LogP contribution in [0.4, 0.5) is 5.88 Å². The number of ether oxygens (including phenoxy) is 2. The van der Waals surface area contributed by atoms with E-state index in [4.69, 9.17) is 14.0 Å². The van der Waals surface area contributed by atoms with Crippen LogP contribution in [0.1, 0.15) is 19.4 Å². The van der Waals surface area contributed by atoms with Crippen LogP contribution >= 0.6 is 0 Å². The summed E-state index contributed by atoms with van der Waals surface area (Å²) in [5.74, 6) is 0.812. The number of morpholine rings is 1. The molecule has 1 N–H and O–H groups in total. The highest BCUT2D eigenvalue weighted by molar-refractivity contribution is 5.68. The predicted molar refractivity (Wildman–Crippen MR) is 126 cm³/mol. The van der Waals surface area contributed by atoms with Crippen molar-refractivity contribution in [2.75, 3.05) is 77.6 Å². The van der Waals surface area contributed by atoms with E-state index in [1.807, 2.05) is 18.2 Å². The van der Waals surface area contributed by atoms with Gasteiger partial charge in [-0.25, -0.2) is 0 Å². The zero-order chi connectivity index (χ0) is 22.8. The Morgan fingerprint density at radius 1 is 1.16 bits per heavy atom. The lowest BCUT2D eigenvalue weighted by Crippen LogP contribution is -2.43. The fourth-order valence-corrected chi connectivity index (χ4v) is 4.13. The highest BCUT2D eigenvalue weighted by Crippen LogP contribution is 2.32. The molecule has 1 saturated heterocycles. The average molecular weight is 447 g/mol. The van der Waals surface area contributed by atoms with Crippen molar-refractivity contribution in [3.05, 3.63) is 35.9 Å². The first-order chi connectivity index (χ1) is 15.7. The molecule has 1 aliphatic heterocycles. The van der Waals surface area contributed by atoms with E-state index in [1.165, 1.54) is 0 Å². The van der Waals surface area contributed by atoms with Gasteiger partial charge < -0.3 is 24.0 Å². The number of hydrogen-bond donors (Lipinski definition) is 1. The molecule has 1 aromatic carbocycles. The van der Waals surface area contributed by atoms with Crippen LogP contribution in [0.25, 0.3) is 11.3 Å². The van der Waals surface area contributed by atoms with Gasteiger partial charge in [0.1, 0.15) is 5.69 Å². The minimum absolute atomic E-state index is 0.312. The molecule has 0 unspecified atom stereocenters. The molecule has 0 aliphatic carbocycles. The van der Waals surface area contributed by atoms with Gasteiger partial charge in [-0.15, -0.1) is 0 Å². The van der Waals surface area contributed by atoms with Gasteiger partial charge in [-0.1, -0.05) is 35.5 Å². The molecule has 32 heavy (non-hydrogen) atoms. The SMILES string of the molecule is CCN(CC)c1onc(-c2ccccc2)c1CN(CCN1CCOCC1)C[C@H](O)COC. The van der Waals surface area contributed by atoms with E-state index in [0.717, 1.165) is 75.2 Å². The van der Waals surface area contributed by atoms with Crippen LogP contribution in [0.2, 0.25) is 0 Å². The molecule has 1 atom stereocenters. The van der Waals surface area contributed by atoms with Gasteiger partial charge in [0.05, 0.1) is 31.5 Å². The normalized spacial score (nSPS) is 15.9. The molecule has 8 heteroatoms. The molecule has 1 fully saturated rings. The smallest absolute Gasteiger partial charge is 0.232 e. The quantitative estimate of drug-likeness (QED) is 0.503. The summed E-state index contributed by atoms with van der Waals surface area (Å²) in [7, 11) is 1.62. The van der Waals surface area contributed by atoms with Crippen molar-refractivity contribution in [3.63, 3.8) is 0 Å². The van der Waals surface area contributed by atoms with Crippen LogP contribution < -0.4 is 4.90 Å². The summed E-state index contributed by atoms with van der Waals surface area (Å²) in [6, 6.07) is 10.2. The van der Waals surface area contributed by atoms with Gasteiger partial charge in [-0.3, -0.25) is 9.80 Å². The summed E-state index contributed by atoms with van der Waals surface area (Å²) in [6.45, 7) is 12.6. The van der Waals surface area contributed by atoms with Crippen molar-refractivity contribution in [2.45, 2.75) is 26.5 Å². The number of nitrogens with zero attached hydrogens (tertiary/aromatic N) is 4. The lowest BCUT2D eigenvalue weighted by molar-refractivity contribution is 0.0182. The number of aliphatic hydroxyl groups excluding tert-OH is 1. The van der Waals surface area contributed by atoms with E-state index in [9.17, 15) is 5.11 Å². The molecule has 0 radical (unpaired) electrons. The first-order valence-electron chi connectivity index (χ1n) is 11.6. The minimum atomic E-state index is -0.554. The van der Waals surface area contributed by atoms with E-state index in [0.29, 0.717) is 19.7 Å². The fourth-order valence-electron chi connectivity index (χ4n) is 4.13. The molecule has 0 bridgehead atoms. The van der Waals surface area contributed by atoms with Gasteiger partial charge in [0.25, 0.3) is 0 Å². The van der Waals surface area contributed by atoms with Gasteiger partial charge in [0.2, 0.25) is 5.88 Å². The van der Waals surface area contributed by atoms with Crippen LogP contribution in [-0.2, 0) is 16.0 Å². The Hall–Kier alpha value is -1.97. The molecule has 8 nitrogen and oxygen atoms in total. The monoisotopic (exact) mass is 446 g/mol. The van der Waals surface area contributed by atoms with Crippen molar-refractivity contribution in [1.29, 1.82) is 0 Å². The molecule has 2 heterocycles. The molecule has 178 valence electrons. The second-order valence-corrected chi connectivity index (χ2v) is 8.15. The third kappa shape index (κ3) is 6.76. The standard InChI is InChI=1S/C24H38N4O4/c1-4-28(5-2)24-22(23(25-32-24)20-9-7-6-8-10-20)18-27(17-21(29)19-30-3)12-11-26-13-15-31-16-14-26/h6-10,21,29H,4-5,11-19H2,1-3H3/t21-/m0/s1. The molecule has 0 amide bonds. The van der Waals surface area contributed by atoms with Crippen LogP contribution in [0.3, 0.4) is 0 Å². The van der Waals surface area contributed by atoms with Crippen molar-refractivity contribution in [1.82, 2.24) is 15.0 Å². The van der Waals surface area contributed by atoms with E-state index < -0.39 is 6.10 Å². The van der Waals surface area contributed by atoms with Crippen LogP contribution in [0.15, 0.2) is 34.9 Å². The van der Waals surface area contributed by atoms with E-state index >= 15 is 0 Å². The van der Waals surface area contributed by atoms with Crippen LogP contribution in [0, 0.1) is 0 Å². The predicted octanol–water partition coefficient (Wildman–Crippen LogP) is 2.33. The number of anilines is 1. The van der Waals surface area contributed by atoms with Crippen molar-refractivity contribution in [3.8, 4) is 11.3 Å². The topological polar surface area (TPSA) is 74.4 Å². The zero-order valence-electron chi connectivity index (χ0n) is 19.7. The van der Waals surface area contributed by atoms with Crippen molar-refractivity contribution >= 4 is 5.88 Å². The largest absolute Gasteiger partial charge is 0.389 e. The number of hydrogen-bond acceptors (Lipinski definition) is 8. The second-order valence-electron chi connectivity index (χ2n) is 8.15. The summed E-state index contributed by atoms with van der Waals surface area (Å²) in [5, 5.41) is 15.0. The Labute approximate surface area is 191 Å². The fraction of sp³-hybridized carbons (Fsp3) is 0.625. The molecule has 0 saturated carbocycles. The van der Waals surface area contributed by atoms with Gasteiger partial charge >= 0.3 is 0 Å². The maximum Gasteiger partial charge on any atom is 0.232 e. The summed E-state index contributed by atoms with van der Waals surface area (Å²) in [5.41, 5.74) is 2.96. The first kappa shape index (κ1) is 24.7. The number of rotatable bonds is 13. The maximum atomic E-state index is 10.5. The molecular formula is C24H38N4O4. The number of aromatic nitrogens is 1. The molecular weight excluding hydrogens is 408 g/mol. The van der Waals surface area contributed by atoms with Crippen molar-refractivity contribution in [2.24, 2.45) is 0 Å². The van der Waals surface area contributed by atoms with Gasteiger partial charge in [-0.2, -0.15) is 0 Å². The van der Waals surface area contributed by atoms with Gasteiger partial charge in [0, 0.05) is 65.0 Å². The molecule has 2 aromatic rings. The Bertz CT molecular complexity index is 776. The summed E-state index contributed by atoms with van der Waals surface area (Å²) in [6.07, 6.45) is -0.554. The lowest BCUT2D eigenvalue weighted by atomic mass is 10.1. The van der Waals surface area contributed by atoms with E-state index in [2.05, 4.69) is 45.8 Å². The van der Waals surface area contributed by atoms with Crippen molar-refractivity contribution < 1.29 is 19.1 Å². The number of methoxy groups -OCH3 is 1. The Morgan fingerprint density at radius 2 is 1.88 bits per heavy atom. The first-order valence-corrected chi connectivity index (χ1v) is 11.6. The molecule has 1 aliphatic rings. The molecule has 1 aromatic heterocycles. The highest BCUT2D eigenvalue weighted by atomic mass is 16.5. The number of aliphatic hydroxyl groups is 1. The Morgan fingerprint density at radius 3 is 2.53 bits per heavy atom. The Kier molecular flexibility index (Phi) is 9.95. The minimum Gasteiger partial charge on any atom is -0.389 e. The van der Waals surface area contributed by atoms with Gasteiger partial charge in [0.15, 0.2) is 0 Å². The van der Waals surface area contributed by atoms with Crippen LogP contribution in [0.5, 0.6) is 0 Å². The third-order valence-corrected chi connectivity index (χ3v) is 5.91. The maximum absolute atomic E-state index is 10.5. The van der Waals surface area contributed by atoms with E-state index in [1.54, 1.807) is 7.11 Å².